The second kappa shape index (κ2) is 9.15. The lowest BCUT2D eigenvalue weighted by atomic mass is 10.2. The van der Waals surface area contributed by atoms with Crippen molar-refractivity contribution < 1.29 is 27.6 Å². The molecule has 2 N–H and O–H groups in total. The summed E-state index contributed by atoms with van der Waals surface area (Å²) in [7, 11) is 0. The molecule has 3 rings (SSSR count). The largest absolute Gasteiger partial charge is 0.416 e. The molecule has 0 aromatic heterocycles. The van der Waals surface area contributed by atoms with Crippen LogP contribution in [0.15, 0.2) is 42.5 Å². The van der Waals surface area contributed by atoms with Gasteiger partial charge in [0.25, 0.3) is 0 Å². The van der Waals surface area contributed by atoms with Crippen LogP contribution in [0, 0.1) is 0 Å². The summed E-state index contributed by atoms with van der Waals surface area (Å²) in [6.45, 7) is 0.0443. The molecule has 1 heterocycles. The van der Waals surface area contributed by atoms with Crippen molar-refractivity contribution in [2.45, 2.75) is 31.6 Å². The predicted octanol–water partition coefficient (Wildman–Crippen LogP) is 4.85. The van der Waals surface area contributed by atoms with Crippen molar-refractivity contribution >= 4 is 46.7 Å². The Morgan fingerprint density at radius 2 is 1.87 bits per heavy atom. The standard InChI is InChI=1S/C20H16Cl2F3N3O3/c21-13-5-4-11(15(22)9-13)10-26-18(30)16-6-7-17(29)28(16)19(31)27-14-3-1-2-12(8-14)20(23,24)25/h1-5,8-9,16H,6-7,10H2,(H,26,30)(H,27,31)/t16-/m0/s1. The number of hydrogen-bond acceptors (Lipinski definition) is 3. The number of halogens is 5. The van der Waals surface area contributed by atoms with Crippen LogP contribution in [0.5, 0.6) is 0 Å². The molecular formula is C20H16Cl2F3N3O3. The lowest BCUT2D eigenvalue weighted by molar-refractivity contribution is -0.137. The number of rotatable bonds is 4. The van der Waals surface area contributed by atoms with E-state index in [1.807, 2.05) is 0 Å². The van der Waals surface area contributed by atoms with Crippen molar-refractivity contribution in [3.63, 3.8) is 0 Å². The SMILES string of the molecule is O=C(NCc1ccc(Cl)cc1Cl)[C@@H]1CCC(=O)N1C(=O)Nc1cccc(C(F)(F)F)c1. The van der Waals surface area contributed by atoms with Gasteiger partial charge in [-0.2, -0.15) is 13.2 Å². The van der Waals surface area contributed by atoms with Crippen LogP contribution in [0.1, 0.15) is 24.0 Å². The van der Waals surface area contributed by atoms with E-state index in [0.29, 0.717) is 15.6 Å². The highest BCUT2D eigenvalue weighted by Crippen LogP contribution is 2.31. The summed E-state index contributed by atoms with van der Waals surface area (Å²) in [6, 6.07) is 6.65. The van der Waals surface area contributed by atoms with Crippen LogP contribution in [0.25, 0.3) is 0 Å². The fourth-order valence-corrected chi connectivity index (χ4v) is 3.58. The van der Waals surface area contributed by atoms with Crippen molar-refractivity contribution in [3.8, 4) is 0 Å². The van der Waals surface area contributed by atoms with Crippen molar-refractivity contribution in [3.05, 3.63) is 63.6 Å². The van der Waals surface area contributed by atoms with Crippen LogP contribution < -0.4 is 10.6 Å². The average molecular weight is 474 g/mol. The first-order valence-corrected chi connectivity index (χ1v) is 9.84. The third-order valence-electron chi connectivity index (χ3n) is 4.64. The Balaban J connectivity index is 1.69. The van der Waals surface area contributed by atoms with E-state index in [-0.39, 0.29) is 25.1 Å². The van der Waals surface area contributed by atoms with E-state index in [1.165, 1.54) is 12.1 Å². The Kier molecular flexibility index (Phi) is 6.76. The highest BCUT2D eigenvalue weighted by molar-refractivity contribution is 6.35. The highest BCUT2D eigenvalue weighted by Gasteiger charge is 2.40. The molecule has 4 amide bonds. The van der Waals surface area contributed by atoms with Crippen molar-refractivity contribution in [1.29, 1.82) is 0 Å². The molecule has 11 heteroatoms. The monoisotopic (exact) mass is 473 g/mol. The number of alkyl halides is 3. The maximum atomic E-state index is 12.9. The summed E-state index contributed by atoms with van der Waals surface area (Å²) in [4.78, 5) is 38.1. The molecule has 1 fully saturated rings. The van der Waals surface area contributed by atoms with E-state index >= 15 is 0 Å². The summed E-state index contributed by atoms with van der Waals surface area (Å²) >= 11 is 11.9. The zero-order valence-electron chi connectivity index (χ0n) is 15.8. The topological polar surface area (TPSA) is 78.5 Å². The fourth-order valence-electron chi connectivity index (χ4n) is 3.11. The number of nitrogens with zero attached hydrogens (tertiary/aromatic N) is 1. The van der Waals surface area contributed by atoms with Crippen LogP contribution >= 0.6 is 23.2 Å². The number of likely N-dealkylation sites (tertiary alicyclic amines) is 1. The van der Waals surface area contributed by atoms with Gasteiger partial charge in [0.05, 0.1) is 5.56 Å². The molecule has 0 aliphatic carbocycles. The number of anilines is 1. The summed E-state index contributed by atoms with van der Waals surface area (Å²) < 4.78 is 38.6. The van der Waals surface area contributed by atoms with Crippen LogP contribution in [0.3, 0.4) is 0 Å². The van der Waals surface area contributed by atoms with Gasteiger partial charge in [-0.25, -0.2) is 4.79 Å². The number of urea groups is 1. The van der Waals surface area contributed by atoms with Crippen LogP contribution in [0.2, 0.25) is 10.0 Å². The second-order valence-electron chi connectivity index (χ2n) is 6.78. The molecule has 1 saturated heterocycles. The first-order valence-electron chi connectivity index (χ1n) is 9.08. The van der Waals surface area contributed by atoms with E-state index in [0.717, 1.165) is 23.1 Å². The maximum absolute atomic E-state index is 12.9. The highest BCUT2D eigenvalue weighted by atomic mass is 35.5. The van der Waals surface area contributed by atoms with Gasteiger partial charge in [0.15, 0.2) is 0 Å². The predicted molar refractivity (Wildman–Crippen MR) is 109 cm³/mol. The molecule has 164 valence electrons. The van der Waals surface area contributed by atoms with E-state index < -0.39 is 35.6 Å². The third kappa shape index (κ3) is 5.48. The number of imide groups is 1. The smallest absolute Gasteiger partial charge is 0.350 e. The first-order chi connectivity index (χ1) is 14.6. The molecule has 6 nitrogen and oxygen atoms in total. The molecule has 1 aliphatic heterocycles. The second-order valence-corrected chi connectivity index (χ2v) is 7.62. The van der Waals surface area contributed by atoms with Gasteiger partial charge < -0.3 is 10.6 Å². The van der Waals surface area contributed by atoms with Gasteiger partial charge >= 0.3 is 12.2 Å². The molecule has 31 heavy (non-hydrogen) atoms. The lowest BCUT2D eigenvalue weighted by Crippen LogP contribution is -2.49. The zero-order chi connectivity index (χ0) is 22.8. The molecule has 0 saturated carbocycles. The molecule has 0 spiro atoms. The van der Waals surface area contributed by atoms with Gasteiger partial charge in [0.1, 0.15) is 6.04 Å². The normalized spacial score (nSPS) is 16.4. The number of nitrogens with one attached hydrogen (secondary N) is 2. The average Bonchev–Trinajstić information content (AvgIpc) is 3.08. The minimum atomic E-state index is -4.59. The van der Waals surface area contributed by atoms with Crippen molar-refractivity contribution in [2.24, 2.45) is 0 Å². The number of carbonyl (C=O) groups is 3. The number of benzene rings is 2. The molecule has 0 unspecified atom stereocenters. The molecule has 2 aromatic rings. The minimum absolute atomic E-state index is 0.0443. The lowest BCUT2D eigenvalue weighted by Gasteiger charge is -2.23. The van der Waals surface area contributed by atoms with Crippen LogP contribution in [0.4, 0.5) is 23.7 Å². The van der Waals surface area contributed by atoms with Gasteiger partial charge in [-0.15, -0.1) is 0 Å². The van der Waals surface area contributed by atoms with Gasteiger partial charge in [0, 0.05) is 28.7 Å². The zero-order valence-corrected chi connectivity index (χ0v) is 17.3. The Hall–Kier alpha value is -2.78. The third-order valence-corrected chi connectivity index (χ3v) is 5.23. The Labute approximate surface area is 185 Å². The van der Waals surface area contributed by atoms with Crippen LogP contribution in [-0.4, -0.2) is 28.8 Å². The van der Waals surface area contributed by atoms with Gasteiger partial charge in [0.2, 0.25) is 11.8 Å². The van der Waals surface area contributed by atoms with E-state index in [2.05, 4.69) is 10.6 Å². The molecule has 1 aliphatic rings. The van der Waals surface area contributed by atoms with Crippen molar-refractivity contribution in [2.75, 3.05) is 5.32 Å². The van der Waals surface area contributed by atoms with Gasteiger partial charge in [-0.3, -0.25) is 14.5 Å². The van der Waals surface area contributed by atoms with E-state index in [9.17, 15) is 27.6 Å². The summed E-state index contributed by atoms with van der Waals surface area (Å²) in [5, 5.41) is 5.63. The molecule has 0 radical (unpaired) electrons. The fraction of sp³-hybridized carbons (Fsp3) is 0.250. The molecular weight excluding hydrogens is 458 g/mol. The van der Waals surface area contributed by atoms with Crippen molar-refractivity contribution in [1.82, 2.24) is 10.2 Å². The Morgan fingerprint density at radius 3 is 2.55 bits per heavy atom. The number of amides is 4. The minimum Gasteiger partial charge on any atom is -0.350 e. The summed E-state index contributed by atoms with van der Waals surface area (Å²) in [5.74, 6) is -1.19. The molecule has 1 atom stereocenters. The quantitative estimate of drug-likeness (QED) is 0.665. The summed E-state index contributed by atoms with van der Waals surface area (Å²) in [5.41, 5.74) is -0.512. The Bertz CT molecular complexity index is 1030. The van der Waals surface area contributed by atoms with E-state index in [1.54, 1.807) is 12.1 Å². The van der Waals surface area contributed by atoms with Crippen LogP contribution in [-0.2, 0) is 22.3 Å². The number of carbonyl (C=O) groups excluding carboxylic acids is 3. The van der Waals surface area contributed by atoms with Gasteiger partial charge in [-0.1, -0.05) is 35.3 Å². The van der Waals surface area contributed by atoms with Gasteiger partial charge in [-0.05, 0) is 42.3 Å². The summed E-state index contributed by atoms with van der Waals surface area (Å²) in [6.07, 6.45) is -4.54. The molecule has 0 bridgehead atoms. The number of hydrogen-bond donors (Lipinski definition) is 2. The van der Waals surface area contributed by atoms with E-state index in [4.69, 9.17) is 23.2 Å². The Morgan fingerprint density at radius 1 is 1.13 bits per heavy atom. The first kappa shape index (κ1) is 22.9. The maximum Gasteiger partial charge on any atom is 0.416 e. The molecule has 2 aromatic carbocycles.